The number of rotatable bonds is 9. The molecule has 0 amide bonds. The number of anilines is 4. The molecule has 0 aliphatic rings. The molecule has 0 radical (unpaired) electrons. The zero-order chi connectivity index (χ0) is 26.7. The lowest BCUT2D eigenvalue weighted by Crippen LogP contribution is -2.14. The van der Waals surface area contributed by atoms with E-state index in [0.29, 0.717) is 36.1 Å². The molecule has 5 N–H and O–H groups in total. The van der Waals surface area contributed by atoms with Gasteiger partial charge in [0.25, 0.3) is 0 Å². The number of aryl methyl sites for hydroxylation is 2. The molecular formula is C27H28N8O2S. The number of hydrogen-bond acceptors (Lipinski definition) is 8. The highest BCUT2D eigenvalue weighted by Gasteiger charge is 2.13. The average molecular weight is 529 g/mol. The molecule has 11 heteroatoms. The van der Waals surface area contributed by atoms with Crippen LogP contribution in [0.2, 0.25) is 0 Å². The first-order valence-corrected chi connectivity index (χ1v) is 13.5. The summed E-state index contributed by atoms with van der Waals surface area (Å²) >= 11 is 0. The Labute approximate surface area is 221 Å². The number of nitrogens with two attached hydrogens (primary N) is 1. The van der Waals surface area contributed by atoms with Crippen LogP contribution in [0.5, 0.6) is 0 Å². The third kappa shape index (κ3) is 5.74. The molecule has 0 atom stereocenters. The van der Waals surface area contributed by atoms with Crippen molar-refractivity contribution in [3.05, 3.63) is 95.7 Å². The van der Waals surface area contributed by atoms with Crippen LogP contribution in [0.3, 0.4) is 0 Å². The van der Waals surface area contributed by atoms with Crippen molar-refractivity contribution < 1.29 is 8.42 Å². The van der Waals surface area contributed by atoms with Gasteiger partial charge in [-0.3, -0.25) is 0 Å². The Balaban J connectivity index is 1.26. The van der Waals surface area contributed by atoms with Crippen molar-refractivity contribution in [3.63, 3.8) is 0 Å². The number of hydrogen-bond donors (Lipinski definition) is 4. The van der Waals surface area contributed by atoms with Crippen LogP contribution in [0, 0.1) is 6.92 Å². The minimum atomic E-state index is -3.83. The highest BCUT2D eigenvalue weighted by atomic mass is 32.2. The molecule has 0 unspecified atom stereocenters. The fourth-order valence-electron chi connectivity index (χ4n) is 4.11. The number of nitrogens with one attached hydrogen (secondary N) is 3. The van der Waals surface area contributed by atoms with Crippen molar-refractivity contribution in [2.75, 3.05) is 16.0 Å². The molecule has 0 saturated heterocycles. The number of fused-ring (bicyclic) bond motifs is 1. The number of primary sulfonamides is 1. The monoisotopic (exact) mass is 528 g/mol. The van der Waals surface area contributed by atoms with Crippen molar-refractivity contribution in [3.8, 4) is 0 Å². The third-order valence-electron chi connectivity index (χ3n) is 6.12. The first-order valence-electron chi connectivity index (χ1n) is 12.0. The van der Waals surface area contributed by atoms with E-state index in [-0.39, 0.29) is 4.90 Å². The Morgan fingerprint density at radius 1 is 0.895 bits per heavy atom. The number of imidazole rings is 1. The first kappa shape index (κ1) is 25.2. The summed E-state index contributed by atoms with van der Waals surface area (Å²) < 4.78 is 25.7. The Hall–Kier alpha value is -4.48. The molecular weight excluding hydrogens is 500 g/mol. The maximum absolute atomic E-state index is 11.8. The molecule has 2 heterocycles. The second-order valence-corrected chi connectivity index (χ2v) is 10.5. The van der Waals surface area contributed by atoms with E-state index >= 15 is 0 Å². The van der Waals surface area contributed by atoms with Gasteiger partial charge in [0, 0.05) is 32.0 Å². The zero-order valence-corrected chi connectivity index (χ0v) is 21.8. The van der Waals surface area contributed by atoms with E-state index in [1.165, 1.54) is 11.6 Å². The summed E-state index contributed by atoms with van der Waals surface area (Å²) in [6.45, 7) is 2.92. The van der Waals surface area contributed by atoms with Crippen LogP contribution in [0.25, 0.3) is 11.0 Å². The Morgan fingerprint density at radius 2 is 1.68 bits per heavy atom. The lowest BCUT2D eigenvalue weighted by atomic mass is 10.2. The molecule has 0 saturated carbocycles. The first-order chi connectivity index (χ1) is 18.3. The normalized spacial score (nSPS) is 11.4. The smallest absolute Gasteiger partial charge is 0.238 e. The summed E-state index contributed by atoms with van der Waals surface area (Å²) in [7, 11) is -1.84. The summed E-state index contributed by atoms with van der Waals surface area (Å²) in [5.74, 6) is 1.75. The van der Waals surface area contributed by atoms with Gasteiger partial charge in [-0.2, -0.15) is 4.98 Å². The second-order valence-electron chi connectivity index (χ2n) is 8.93. The molecule has 0 aliphatic heterocycles. The minimum absolute atomic E-state index is 0.0557. The topological polar surface area (TPSA) is 140 Å². The summed E-state index contributed by atoms with van der Waals surface area (Å²) in [6.07, 6.45) is 1.62. The van der Waals surface area contributed by atoms with Gasteiger partial charge in [0.15, 0.2) is 0 Å². The fourth-order valence-corrected chi connectivity index (χ4v) is 4.92. The van der Waals surface area contributed by atoms with Gasteiger partial charge in [-0.1, -0.05) is 42.5 Å². The van der Waals surface area contributed by atoms with Crippen LogP contribution in [0.4, 0.5) is 23.4 Å². The lowest BCUT2D eigenvalue weighted by Gasteiger charge is -2.10. The largest absolute Gasteiger partial charge is 0.366 e. The van der Waals surface area contributed by atoms with Gasteiger partial charge in [-0.15, -0.1) is 0 Å². The molecule has 5 aromatic rings. The second kappa shape index (κ2) is 10.5. The van der Waals surface area contributed by atoms with Gasteiger partial charge >= 0.3 is 0 Å². The van der Waals surface area contributed by atoms with Crippen LogP contribution in [0.1, 0.15) is 16.7 Å². The number of sulfonamides is 1. The van der Waals surface area contributed by atoms with Gasteiger partial charge in [0.2, 0.25) is 21.9 Å². The van der Waals surface area contributed by atoms with E-state index in [9.17, 15) is 8.42 Å². The van der Waals surface area contributed by atoms with E-state index in [0.717, 1.165) is 22.5 Å². The summed E-state index contributed by atoms with van der Waals surface area (Å²) in [5, 5.41) is 15.1. The highest BCUT2D eigenvalue weighted by molar-refractivity contribution is 7.89. The van der Waals surface area contributed by atoms with Crippen molar-refractivity contribution in [2.45, 2.75) is 24.9 Å². The van der Waals surface area contributed by atoms with Crippen molar-refractivity contribution >= 4 is 44.5 Å². The van der Waals surface area contributed by atoms with E-state index in [1.807, 2.05) is 29.8 Å². The molecule has 194 valence electrons. The van der Waals surface area contributed by atoms with E-state index in [1.54, 1.807) is 31.3 Å². The summed E-state index contributed by atoms with van der Waals surface area (Å²) in [5.41, 5.74) is 5.27. The standard InChI is InChI=1S/C27H28N8O2S/c1-18-8-10-21(15-24(18)38(28,36)37)32-26-29-13-12-25(34-26)30-17-20-9-11-23-22(14-20)33-27(35(23)2)31-16-19-6-4-3-5-7-19/h3-15H,16-17H2,1-2H3,(H,31,33)(H2,28,36,37)(H2,29,30,32,34). The predicted octanol–water partition coefficient (Wildman–Crippen LogP) is 4.29. The Bertz CT molecular complexity index is 1700. The molecule has 0 fully saturated rings. The molecule has 2 aromatic heterocycles. The van der Waals surface area contributed by atoms with Gasteiger partial charge in [-0.25, -0.2) is 23.5 Å². The van der Waals surface area contributed by atoms with Crippen molar-refractivity contribution in [2.24, 2.45) is 12.2 Å². The maximum Gasteiger partial charge on any atom is 0.238 e. The Kier molecular flexibility index (Phi) is 6.95. The summed E-state index contributed by atoms with van der Waals surface area (Å²) in [4.78, 5) is 13.5. The third-order valence-corrected chi connectivity index (χ3v) is 7.17. The quantitative estimate of drug-likeness (QED) is 0.222. The van der Waals surface area contributed by atoms with Crippen LogP contribution < -0.4 is 21.1 Å². The van der Waals surface area contributed by atoms with Crippen LogP contribution in [-0.2, 0) is 30.2 Å². The number of aromatic nitrogens is 4. The molecule has 0 bridgehead atoms. The van der Waals surface area contributed by atoms with Gasteiger partial charge in [0.1, 0.15) is 5.82 Å². The molecule has 0 aliphatic carbocycles. The van der Waals surface area contributed by atoms with Crippen LogP contribution in [0.15, 0.2) is 83.9 Å². The molecule has 5 rings (SSSR count). The van der Waals surface area contributed by atoms with Crippen molar-refractivity contribution in [1.82, 2.24) is 19.5 Å². The molecule has 10 nitrogen and oxygen atoms in total. The Morgan fingerprint density at radius 3 is 2.47 bits per heavy atom. The van der Waals surface area contributed by atoms with Crippen LogP contribution in [-0.4, -0.2) is 27.9 Å². The van der Waals surface area contributed by atoms with Gasteiger partial charge < -0.3 is 20.5 Å². The average Bonchev–Trinajstić information content (AvgIpc) is 3.22. The fraction of sp³-hybridized carbons (Fsp3) is 0.148. The van der Waals surface area contributed by atoms with E-state index in [4.69, 9.17) is 10.1 Å². The van der Waals surface area contributed by atoms with E-state index < -0.39 is 10.0 Å². The minimum Gasteiger partial charge on any atom is -0.366 e. The maximum atomic E-state index is 11.8. The lowest BCUT2D eigenvalue weighted by molar-refractivity contribution is 0.597. The predicted molar refractivity (Wildman–Crippen MR) is 150 cm³/mol. The number of benzene rings is 3. The van der Waals surface area contributed by atoms with Gasteiger partial charge in [-0.05, 0) is 53.9 Å². The highest BCUT2D eigenvalue weighted by Crippen LogP contribution is 2.23. The van der Waals surface area contributed by atoms with Crippen molar-refractivity contribution in [1.29, 1.82) is 0 Å². The number of nitrogens with zero attached hydrogens (tertiary/aromatic N) is 4. The van der Waals surface area contributed by atoms with E-state index in [2.05, 4.69) is 56.3 Å². The van der Waals surface area contributed by atoms with Gasteiger partial charge in [0.05, 0.1) is 15.9 Å². The summed E-state index contributed by atoms with van der Waals surface area (Å²) in [6, 6.07) is 23.0. The molecule has 3 aromatic carbocycles. The SMILES string of the molecule is Cc1ccc(Nc2nccc(NCc3ccc4c(c3)nc(NCc3ccccc3)n4C)n2)cc1S(N)(=O)=O. The molecule has 0 spiro atoms. The molecule has 38 heavy (non-hydrogen) atoms. The van der Waals surface area contributed by atoms with Crippen LogP contribution >= 0.6 is 0 Å². The zero-order valence-electron chi connectivity index (χ0n) is 21.0.